The monoisotopic (exact) mass is 623 g/mol. The highest BCUT2D eigenvalue weighted by atomic mass is 35.5. The van der Waals surface area contributed by atoms with Crippen LogP contribution in [0, 0.1) is 12.3 Å². The maximum Gasteiger partial charge on any atom is 0.420 e. The summed E-state index contributed by atoms with van der Waals surface area (Å²) in [4.78, 5) is 23.3. The number of ether oxygens (including phenoxy) is 2. The molecule has 0 spiro atoms. The highest BCUT2D eigenvalue weighted by molar-refractivity contribution is 6.76. The molecule has 0 aliphatic heterocycles. The van der Waals surface area contributed by atoms with Crippen LogP contribution in [-0.4, -0.2) is 53.0 Å². The van der Waals surface area contributed by atoms with Gasteiger partial charge in [-0.05, 0) is 55.5 Å². The number of alkyl halides is 3. The number of aromatic amines is 1. The van der Waals surface area contributed by atoms with Gasteiger partial charge in [-0.2, -0.15) is 13.2 Å². The van der Waals surface area contributed by atoms with Gasteiger partial charge in [-0.1, -0.05) is 50.7 Å². The fourth-order valence-electron chi connectivity index (χ4n) is 5.18. The van der Waals surface area contributed by atoms with Gasteiger partial charge in [-0.3, -0.25) is 4.79 Å². The molecule has 12 heteroatoms. The molecule has 1 aliphatic carbocycles. The zero-order valence-electron chi connectivity index (χ0n) is 24.4. The van der Waals surface area contributed by atoms with Gasteiger partial charge in [-0.15, -0.1) is 0 Å². The summed E-state index contributed by atoms with van der Waals surface area (Å²) < 4.78 is 52.7. The first-order valence-electron chi connectivity index (χ1n) is 14.0. The molecule has 7 nitrogen and oxygen atoms in total. The number of aromatic nitrogens is 3. The summed E-state index contributed by atoms with van der Waals surface area (Å²) in [5, 5.41) is 10.1. The molecule has 0 saturated heterocycles. The van der Waals surface area contributed by atoms with E-state index in [0.717, 1.165) is 29.3 Å². The van der Waals surface area contributed by atoms with Gasteiger partial charge >= 0.3 is 12.1 Å². The van der Waals surface area contributed by atoms with E-state index < -0.39 is 37.8 Å². The minimum atomic E-state index is -4.60. The molecule has 42 heavy (non-hydrogen) atoms. The van der Waals surface area contributed by atoms with Gasteiger partial charge in [0, 0.05) is 38.1 Å². The Kier molecular flexibility index (Phi) is 9.44. The van der Waals surface area contributed by atoms with Crippen molar-refractivity contribution in [3.63, 3.8) is 0 Å². The minimum Gasteiger partial charge on any atom is -0.481 e. The van der Waals surface area contributed by atoms with E-state index in [1.807, 2.05) is 13.8 Å². The molecule has 1 aliphatic rings. The van der Waals surface area contributed by atoms with Crippen molar-refractivity contribution in [3.05, 3.63) is 52.9 Å². The molecule has 1 aromatic carbocycles. The lowest BCUT2D eigenvalue weighted by atomic mass is 9.64. The SMILES string of the molecule is CCC(Oc1cc(C)c(-c2ccc(-c3ncc(C(OCC[Si](C)(C)C)C(F)(F)F)[nH]3)c(Cl)c2)cn1)C1(C(=O)O)CCC1. The summed E-state index contributed by atoms with van der Waals surface area (Å²) in [6.45, 7) is 10.0. The lowest BCUT2D eigenvalue weighted by molar-refractivity contribution is -0.223. The summed E-state index contributed by atoms with van der Waals surface area (Å²) in [5.41, 5.74) is 1.78. The van der Waals surface area contributed by atoms with E-state index in [1.54, 1.807) is 30.5 Å². The summed E-state index contributed by atoms with van der Waals surface area (Å²) in [6.07, 6.45) is -1.81. The highest BCUT2D eigenvalue weighted by Crippen LogP contribution is 2.46. The van der Waals surface area contributed by atoms with Gasteiger partial charge in [0.25, 0.3) is 0 Å². The molecule has 2 aromatic heterocycles. The van der Waals surface area contributed by atoms with Gasteiger partial charge in [0.2, 0.25) is 5.88 Å². The lowest BCUT2D eigenvalue weighted by Crippen LogP contribution is -2.50. The molecule has 0 bridgehead atoms. The first-order chi connectivity index (χ1) is 19.6. The van der Waals surface area contributed by atoms with E-state index in [4.69, 9.17) is 21.1 Å². The van der Waals surface area contributed by atoms with Crippen molar-refractivity contribution < 1.29 is 32.5 Å². The average Bonchev–Trinajstić information content (AvgIpc) is 3.33. The Bertz CT molecular complexity index is 1420. The van der Waals surface area contributed by atoms with Crippen LogP contribution in [0.1, 0.15) is 50.0 Å². The Hall–Kier alpha value is -2.89. The van der Waals surface area contributed by atoms with E-state index in [2.05, 4.69) is 34.6 Å². The predicted octanol–water partition coefficient (Wildman–Crippen LogP) is 8.47. The van der Waals surface area contributed by atoms with E-state index >= 15 is 0 Å². The number of benzene rings is 1. The molecule has 1 fully saturated rings. The van der Waals surface area contributed by atoms with Crippen molar-refractivity contribution in [2.75, 3.05) is 6.61 Å². The number of pyridine rings is 1. The molecule has 228 valence electrons. The molecule has 2 N–H and O–H groups in total. The van der Waals surface area contributed by atoms with E-state index in [1.165, 1.54) is 0 Å². The lowest BCUT2D eigenvalue weighted by Gasteiger charge is -2.43. The van der Waals surface area contributed by atoms with Crippen LogP contribution in [0.25, 0.3) is 22.5 Å². The summed E-state index contributed by atoms with van der Waals surface area (Å²) in [7, 11) is -1.57. The fraction of sp³-hybridized carbons (Fsp3) is 0.500. The zero-order chi connectivity index (χ0) is 30.9. The van der Waals surface area contributed by atoms with Crippen LogP contribution < -0.4 is 4.74 Å². The summed E-state index contributed by atoms with van der Waals surface area (Å²) in [5.74, 6) is -0.277. The first kappa shape index (κ1) is 32.0. The van der Waals surface area contributed by atoms with Crippen molar-refractivity contribution in [1.82, 2.24) is 15.0 Å². The molecule has 2 unspecified atom stereocenters. The molecular weight excluding hydrogens is 587 g/mol. The maximum atomic E-state index is 13.8. The Balaban J connectivity index is 1.52. The second-order valence-corrected chi connectivity index (χ2v) is 18.2. The van der Waals surface area contributed by atoms with Crippen LogP contribution in [-0.2, 0) is 9.53 Å². The Labute approximate surface area is 249 Å². The van der Waals surface area contributed by atoms with Gasteiger partial charge < -0.3 is 19.6 Å². The van der Waals surface area contributed by atoms with E-state index in [9.17, 15) is 23.1 Å². The third-order valence-electron chi connectivity index (χ3n) is 7.85. The average molecular weight is 624 g/mol. The third-order valence-corrected chi connectivity index (χ3v) is 9.87. The van der Waals surface area contributed by atoms with Crippen molar-refractivity contribution in [2.45, 2.75) is 83.6 Å². The number of rotatable bonds is 12. The standard InChI is InChI=1S/C30H37ClF3N3O4Si/c1-6-24(29(28(38)39)10-7-11-29)41-25-14-18(2)21(16-35-25)19-8-9-20(22(31)15-19)27-36-17-23(37-27)26(30(32,33)34)40-12-13-42(3,4)5/h8-9,14-17,24,26H,6-7,10-13H2,1-5H3,(H,36,37)(H,38,39). The molecule has 2 heterocycles. The van der Waals surface area contributed by atoms with Gasteiger partial charge in [0.05, 0.1) is 16.9 Å². The molecule has 3 aromatic rings. The molecule has 4 rings (SSSR count). The number of carboxylic acids is 1. The van der Waals surface area contributed by atoms with Crippen molar-refractivity contribution in [1.29, 1.82) is 0 Å². The number of aliphatic carboxylic acids is 1. The van der Waals surface area contributed by atoms with Gasteiger partial charge in [0.1, 0.15) is 17.3 Å². The highest BCUT2D eigenvalue weighted by Gasteiger charge is 2.51. The second-order valence-electron chi connectivity index (χ2n) is 12.2. The van der Waals surface area contributed by atoms with Crippen LogP contribution in [0.5, 0.6) is 5.88 Å². The van der Waals surface area contributed by atoms with E-state index in [0.29, 0.717) is 41.8 Å². The largest absolute Gasteiger partial charge is 0.481 e. The normalized spacial score (nSPS) is 16.5. The second kappa shape index (κ2) is 12.4. The van der Waals surface area contributed by atoms with E-state index in [-0.39, 0.29) is 18.1 Å². The van der Waals surface area contributed by atoms with Crippen LogP contribution in [0.15, 0.2) is 36.7 Å². The number of halogens is 4. The number of carboxylic acid groups (broad SMARTS) is 1. The molecule has 2 atom stereocenters. The smallest absolute Gasteiger partial charge is 0.420 e. The maximum absolute atomic E-state index is 13.8. The quantitative estimate of drug-likeness (QED) is 0.196. The summed E-state index contributed by atoms with van der Waals surface area (Å²) >= 11 is 6.59. The Morgan fingerprint density at radius 3 is 2.40 bits per heavy atom. The number of hydrogen-bond acceptors (Lipinski definition) is 5. The van der Waals surface area contributed by atoms with Gasteiger partial charge in [0.15, 0.2) is 6.10 Å². The third kappa shape index (κ3) is 7.00. The van der Waals surface area contributed by atoms with Crippen LogP contribution in [0.4, 0.5) is 13.2 Å². The topological polar surface area (TPSA) is 97.3 Å². The van der Waals surface area contributed by atoms with Crippen LogP contribution in [0.3, 0.4) is 0 Å². The number of nitrogens with zero attached hydrogens (tertiary/aromatic N) is 2. The number of imidazole rings is 1. The zero-order valence-corrected chi connectivity index (χ0v) is 26.2. The van der Waals surface area contributed by atoms with Crippen molar-refractivity contribution in [2.24, 2.45) is 5.41 Å². The summed E-state index contributed by atoms with van der Waals surface area (Å²) in [6, 6.07) is 7.57. The fourth-order valence-corrected chi connectivity index (χ4v) is 6.18. The molecular formula is C30H37ClF3N3O4Si. The number of hydrogen-bond donors (Lipinski definition) is 2. The number of carbonyl (C=O) groups is 1. The molecule has 0 amide bonds. The number of H-pyrrole nitrogens is 1. The number of aryl methyl sites for hydroxylation is 1. The van der Waals surface area contributed by atoms with Crippen LogP contribution in [0.2, 0.25) is 30.7 Å². The first-order valence-corrected chi connectivity index (χ1v) is 18.1. The van der Waals surface area contributed by atoms with Gasteiger partial charge in [-0.25, -0.2) is 9.97 Å². The van der Waals surface area contributed by atoms with Crippen molar-refractivity contribution >= 4 is 25.6 Å². The van der Waals surface area contributed by atoms with Crippen LogP contribution >= 0.6 is 11.6 Å². The molecule has 0 radical (unpaired) electrons. The van der Waals surface area contributed by atoms with Crippen molar-refractivity contribution in [3.8, 4) is 28.4 Å². The Morgan fingerprint density at radius 1 is 1.17 bits per heavy atom. The Morgan fingerprint density at radius 2 is 1.88 bits per heavy atom. The number of nitrogens with one attached hydrogen (secondary N) is 1. The molecule has 1 saturated carbocycles. The minimum absolute atomic E-state index is 0.0143. The predicted molar refractivity (Wildman–Crippen MR) is 159 cm³/mol.